The highest BCUT2D eigenvalue weighted by Crippen LogP contribution is 2.29. The van der Waals surface area contributed by atoms with Gasteiger partial charge in [0.2, 0.25) is 0 Å². The van der Waals surface area contributed by atoms with E-state index in [9.17, 15) is 18.0 Å². The summed E-state index contributed by atoms with van der Waals surface area (Å²) in [7, 11) is 0. The molecule has 5 heteroatoms. The summed E-state index contributed by atoms with van der Waals surface area (Å²) in [4.78, 5) is 11.9. The van der Waals surface area contributed by atoms with E-state index in [2.05, 4.69) is 0 Å². The Bertz CT molecular complexity index is 472. The number of hydrogen-bond donors (Lipinski definition) is 0. The Morgan fingerprint density at radius 3 is 2.33 bits per heavy atom. The minimum absolute atomic E-state index is 0.250. The quantitative estimate of drug-likeness (QED) is 0.756. The molecule has 0 saturated heterocycles. The molecule has 0 N–H and O–H groups in total. The van der Waals surface area contributed by atoms with E-state index in [0.29, 0.717) is 18.6 Å². The molecule has 2 nitrogen and oxygen atoms in total. The van der Waals surface area contributed by atoms with Crippen LogP contribution >= 0.6 is 0 Å². The minimum atomic E-state index is -4.38. The molecule has 0 fully saturated rings. The van der Waals surface area contributed by atoms with Gasteiger partial charge in [-0.15, -0.1) is 0 Å². The Labute approximate surface area is 102 Å². The first kappa shape index (κ1) is 12.7. The summed E-state index contributed by atoms with van der Waals surface area (Å²) in [6, 6.07) is 4.22. The number of ether oxygens (including phenoxy) is 1. The Kier molecular flexibility index (Phi) is 3.41. The molecule has 0 saturated carbocycles. The van der Waals surface area contributed by atoms with Crippen molar-refractivity contribution in [2.24, 2.45) is 0 Å². The zero-order valence-corrected chi connectivity index (χ0v) is 9.46. The smallest absolute Gasteiger partial charge is 0.416 e. The van der Waals surface area contributed by atoms with Crippen LogP contribution in [0.1, 0.15) is 28.8 Å². The van der Waals surface area contributed by atoms with Crippen molar-refractivity contribution in [2.45, 2.75) is 19.0 Å². The summed E-state index contributed by atoms with van der Waals surface area (Å²) in [6.07, 6.45) is -1.64. The third kappa shape index (κ3) is 2.72. The maximum Gasteiger partial charge on any atom is 0.416 e. The predicted octanol–water partition coefficient (Wildman–Crippen LogP) is 3.58. The molecule has 0 amide bonds. The molecule has 0 aliphatic carbocycles. The van der Waals surface area contributed by atoms with E-state index >= 15 is 0 Å². The highest BCUT2D eigenvalue weighted by molar-refractivity contribution is 6.08. The minimum Gasteiger partial charge on any atom is -0.501 e. The zero-order chi connectivity index (χ0) is 13.2. The molecule has 0 aromatic heterocycles. The first-order chi connectivity index (χ1) is 8.48. The van der Waals surface area contributed by atoms with Gasteiger partial charge in [-0.1, -0.05) is 12.1 Å². The van der Waals surface area contributed by atoms with Crippen LogP contribution in [0.4, 0.5) is 13.2 Å². The number of carbonyl (C=O) groups excluding carboxylic acids is 1. The fourth-order valence-electron chi connectivity index (χ4n) is 1.73. The lowest BCUT2D eigenvalue weighted by Gasteiger charge is -2.13. The summed E-state index contributed by atoms with van der Waals surface area (Å²) in [5, 5.41) is 0. The Balaban J connectivity index is 2.19. The molecule has 0 atom stereocenters. The van der Waals surface area contributed by atoms with Gasteiger partial charge in [-0.2, -0.15) is 13.2 Å². The second-order valence-electron chi connectivity index (χ2n) is 4.02. The molecule has 0 spiro atoms. The molecule has 0 unspecified atom stereocenters. The monoisotopic (exact) mass is 256 g/mol. The number of hydrogen-bond acceptors (Lipinski definition) is 2. The van der Waals surface area contributed by atoms with E-state index in [4.69, 9.17) is 4.74 Å². The van der Waals surface area contributed by atoms with Crippen LogP contribution in [0.2, 0.25) is 0 Å². The maximum absolute atomic E-state index is 12.4. The molecule has 1 aliphatic rings. The second-order valence-corrected chi connectivity index (χ2v) is 4.02. The van der Waals surface area contributed by atoms with Crippen molar-refractivity contribution in [3.05, 3.63) is 47.2 Å². The van der Waals surface area contributed by atoms with E-state index in [1.165, 1.54) is 18.4 Å². The van der Waals surface area contributed by atoms with Crippen molar-refractivity contribution in [3.63, 3.8) is 0 Å². The van der Waals surface area contributed by atoms with Crippen molar-refractivity contribution in [1.82, 2.24) is 0 Å². The topological polar surface area (TPSA) is 26.3 Å². The molecular weight excluding hydrogens is 245 g/mol. The van der Waals surface area contributed by atoms with Gasteiger partial charge in [0.1, 0.15) is 0 Å². The van der Waals surface area contributed by atoms with Crippen LogP contribution in [-0.2, 0) is 10.9 Å². The fourth-order valence-corrected chi connectivity index (χ4v) is 1.73. The number of halogens is 3. The van der Waals surface area contributed by atoms with Gasteiger partial charge in [0.05, 0.1) is 18.4 Å². The summed E-state index contributed by atoms with van der Waals surface area (Å²) in [5.41, 5.74) is -0.00585. The van der Waals surface area contributed by atoms with Crippen LogP contribution < -0.4 is 0 Å². The molecule has 18 heavy (non-hydrogen) atoms. The van der Waals surface area contributed by atoms with E-state index in [-0.39, 0.29) is 11.3 Å². The standard InChI is InChI=1S/C13H11F3O2/c14-13(15,16)11-5-3-9(4-6-11)12(17)10-2-1-7-18-8-10/h3-6,8H,1-2,7H2. The van der Waals surface area contributed by atoms with Gasteiger partial charge in [-0.25, -0.2) is 0 Å². The number of rotatable bonds is 2. The third-order valence-corrected chi connectivity index (χ3v) is 2.70. The van der Waals surface area contributed by atoms with Gasteiger partial charge >= 0.3 is 6.18 Å². The van der Waals surface area contributed by atoms with Gasteiger partial charge in [0, 0.05) is 11.1 Å². The Morgan fingerprint density at radius 1 is 1.17 bits per heavy atom. The maximum atomic E-state index is 12.4. The highest BCUT2D eigenvalue weighted by Gasteiger charge is 2.30. The number of alkyl halides is 3. The van der Waals surface area contributed by atoms with Crippen LogP contribution in [0.25, 0.3) is 0 Å². The van der Waals surface area contributed by atoms with Gasteiger partial charge < -0.3 is 4.74 Å². The van der Waals surface area contributed by atoms with Gasteiger partial charge in [-0.3, -0.25) is 4.79 Å². The Morgan fingerprint density at radius 2 is 1.83 bits per heavy atom. The molecule has 1 aromatic rings. The lowest BCUT2D eigenvalue weighted by molar-refractivity contribution is -0.137. The highest BCUT2D eigenvalue weighted by atomic mass is 19.4. The van der Waals surface area contributed by atoms with E-state index in [0.717, 1.165) is 18.6 Å². The van der Waals surface area contributed by atoms with E-state index in [1.807, 2.05) is 0 Å². The van der Waals surface area contributed by atoms with Crippen molar-refractivity contribution >= 4 is 5.78 Å². The second kappa shape index (κ2) is 4.84. The fraction of sp³-hybridized carbons (Fsp3) is 0.308. The number of benzene rings is 1. The summed E-state index contributed by atoms with van der Waals surface area (Å²) in [5.74, 6) is -0.275. The normalized spacial score (nSPS) is 15.8. The van der Waals surface area contributed by atoms with Crippen LogP contribution in [0.15, 0.2) is 36.1 Å². The van der Waals surface area contributed by atoms with Crippen molar-refractivity contribution in [2.75, 3.05) is 6.61 Å². The molecule has 1 aliphatic heterocycles. The first-order valence-electron chi connectivity index (χ1n) is 5.51. The van der Waals surface area contributed by atoms with Gasteiger partial charge in [0.25, 0.3) is 0 Å². The average Bonchev–Trinajstić information content (AvgIpc) is 2.38. The van der Waals surface area contributed by atoms with Crippen molar-refractivity contribution in [3.8, 4) is 0 Å². The summed E-state index contributed by atoms with van der Waals surface area (Å²) in [6.45, 7) is 0.573. The first-order valence-corrected chi connectivity index (χ1v) is 5.51. The number of ketones is 1. The van der Waals surface area contributed by atoms with E-state index in [1.54, 1.807) is 0 Å². The molecule has 1 heterocycles. The largest absolute Gasteiger partial charge is 0.501 e. The van der Waals surface area contributed by atoms with Crippen LogP contribution in [0.3, 0.4) is 0 Å². The van der Waals surface area contributed by atoms with Crippen molar-refractivity contribution < 1.29 is 22.7 Å². The van der Waals surface area contributed by atoms with Crippen molar-refractivity contribution in [1.29, 1.82) is 0 Å². The number of Topliss-reactive ketones (excluding diaryl/α,β-unsaturated/α-hetero) is 1. The van der Waals surface area contributed by atoms with E-state index < -0.39 is 11.7 Å². The summed E-state index contributed by atoms with van der Waals surface area (Å²) < 4.78 is 42.1. The van der Waals surface area contributed by atoms with Crippen LogP contribution in [-0.4, -0.2) is 12.4 Å². The molecule has 0 radical (unpaired) electrons. The molecule has 96 valence electrons. The van der Waals surface area contributed by atoms with Crippen LogP contribution in [0.5, 0.6) is 0 Å². The lowest BCUT2D eigenvalue weighted by atomic mass is 9.99. The third-order valence-electron chi connectivity index (χ3n) is 2.70. The molecule has 1 aromatic carbocycles. The average molecular weight is 256 g/mol. The molecular formula is C13H11F3O2. The molecule has 0 bridgehead atoms. The van der Waals surface area contributed by atoms with Crippen LogP contribution in [0, 0.1) is 0 Å². The SMILES string of the molecule is O=C(C1=COCCC1)c1ccc(C(F)(F)F)cc1. The summed E-state index contributed by atoms with van der Waals surface area (Å²) >= 11 is 0. The van der Waals surface area contributed by atoms with Gasteiger partial charge in [-0.05, 0) is 25.0 Å². The predicted molar refractivity (Wildman–Crippen MR) is 59.0 cm³/mol. The van der Waals surface area contributed by atoms with Gasteiger partial charge in [0.15, 0.2) is 5.78 Å². The molecule has 2 rings (SSSR count). The zero-order valence-electron chi connectivity index (χ0n) is 9.46. The number of carbonyl (C=O) groups is 1. The lowest BCUT2D eigenvalue weighted by Crippen LogP contribution is -2.10. The number of allylic oxidation sites excluding steroid dienone is 1. The Hall–Kier alpha value is -1.78.